The summed E-state index contributed by atoms with van der Waals surface area (Å²) >= 11 is 0. The molecule has 0 aliphatic carbocycles. The van der Waals surface area contributed by atoms with Crippen LogP contribution >= 0.6 is 12.4 Å². The fraction of sp³-hybridized carbons (Fsp3) is 0.333. The number of hydrogen-bond acceptors (Lipinski definition) is 3. The number of nitrogens with zero attached hydrogens (tertiary/aromatic N) is 2. The Bertz CT molecular complexity index is 590. The van der Waals surface area contributed by atoms with E-state index in [-0.39, 0.29) is 18.3 Å². The van der Waals surface area contributed by atoms with Crippen LogP contribution in [-0.4, -0.2) is 22.2 Å². The summed E-state index contributed by atoms with van der Waals surface area (Å²) in [6.45, 7) is 5.59. The molecule has 2 aromatic rings. The van der Waals surface area contributed by atoms with Crippen molar-refractivity contribution in [2.24, 2.45) is 7.05 Å². The summed E-state index contributed by atoms with van der Waals surface area (Å²) in [7, 11) is 1.82. The second kappa shape index (κ2) is 7.81. The number of rotatable bonds is 5. The van der Waals surface area contributed by atoms with Gasteiger partial charge in [0.25, 0.3) is 5.91 Å². The second-order valence-corrected chi connectivity index (χ2v) is 4.69. The van der Waals surface area contributed by atoms with Crippen LogP contribution in [0.15, 0.2) is 30.3 Å². The van der Waals surface area contributed by atoms with Gasteiger partial charge in [-0.1, -0.05) is 25.1 Å². The van der Waals surface area contributed by atoms with Crippen LogP contribution in [0.3, 0.4) is 0 Å². The molecule has 0 radical (unpaired) electrons. The van der Waals surface area contributed by atoms with Crippen molar-refractivity contribution >= 4 is 24.0 Å². The van der Waals surface area contributed by atoms with Gasteiger partial charge in [-0.2, -0.15) is 5.10 Å². The minimum Gasteiger partial charge on any atom is -0.320 e. The molecule has 0 spiro atoms. The topological polar surface area (TPSA) is 58.9 Å². The molecule has 1 amide bonds. The number of para-hydroxylation sites is 1. The fourth-order valence-electron chi connectivity index (χ4n) is 1.91. The minimum absolute atomic E-state index is 0. The fourth-order valence-corrected chi connectivity index (χ4v) is 1.91. The zero-order valence-electron chi connectivity index (χ0n) is 12.5. The van der Waals surface area contributed by atoms with Gasteiger partial charge in [-0.3, -0.25) is 9.48 Å². The van der Waals surface area contributed by atoms with Crippen molar-refractivity contribution in [3.8, 4) is 0 Å². The van der Waals surface area contributed by atoms with Gasteiger partial charge in [0.2, 0.25) is 0 Å². The van der Waals surface area contributed by atoms with E-state index in [9.17, 15) is 4.79 Å². The Morgan fingerprint density at radius 2 is 2.05 bits per heavy atom. The third-order valence-corrected chi connectivity index (χ3v) is 3.18. The van der Waals surface area contributed by atoms with E-state index in [1.54, 1.807) is 10.7 Å². The quantitative estimate of drug-likeness (QED) is 0.892. The first kappa shape index (κ1) is 17.2. The van der Waals surface area contributed by atoms with Gasteiger partial charge >= 0.3 is 0 Å². The lowest BCUT2D eigenvalue weighted by Crippen LogP contribution is -2.17. The lowest BCUT2D eigenvalue weighted by atomic mass is 10.1. The predicted octanol–water partition coefficient (Wildman–Crippen LogP) is 2.51. The van der Waals surface area contributed by atoms with E-state index in [1.807, 2.05) is 38.2 Å². The highest BCUT2D eigenvalue weighted by molar-refractivity contribution is 6.03. The molecule has 2 rings (SSSR count). The number of carbonyl (C=O) groups excluding carboxylic acids is 1. The molecule has 114 valence electrons. The molecule has 2 N–H and O–H groups in total. The molecule has 0 fully saturated rings. The number of aryl methyl sites for hydroxylation is 2. The Kier molecular flexibility index (Phi) is 6.39. The summed E-state index contributed by atoms with van der Waals surface area (Å²) in [5.41, 5.74) is 3.27. The highest BCUT2D eigenvalue weighted by Gasteiger charge is 2.12. The zero-order valence-corrected chi connectivity index (χ0v) is 13.3. The number of benzene rings is 1. The Balaban J connectivity index is 0.00000220. The summed E-state index contributed by atoms with van der Waals surface area (Å²) < 4.78 is 1.69. The molecule has 0 aliphatic heterocycles. The molecule has 0 aliphatic rings. The van der Waals surface area contributed by atoms with E-state index >= 15 is 0 Å². The average molecular weight is 309 g/mol. The van der Waals surface area contributed by atoms with Gasteiger partial charge in [0.1, 0.15) is 0 Å². The van der Waals surface area contributed by atoms with Gasteiger partial charge < -0.3 is 10.6 Å². The Labute approximate surface area is 131 Å². The van der Waals surface area contributed by atoms with Crippen LogP contribution in [0.2, 0.25) is 0 Å². The lowest BCUT2D eigenvalue weighted by Gasteiger charge is -2.10. The summed E-state index contributed by atoms with van der Waals surface area (Å²) in [5.74, 6) is -0.183. The third kappa shape index (κ3) is 4.31. The molecule has 1 aromatic heterocycles. The Morgan fingerprint density at radius 3 is 2.67 bits per heavy atom. The van der Waals surface area contributed by atoms with Gasteiger partial charge in [-0.15, -0.1) is 12.4 Å². The smallest absolute Gasteiger partial charge is 0.276 e. The molecule has 21 heavy (non-hydrogen) atoms. The number of carbonyl (C=O) groups is 1. The van der Waals surface area contributed by atoms with Gasteiger partial charge in [0.15, 0.2) is 5.69 Å². The second-order valence-electron chi connectivity index (χ2n) is 4.69. The standard InChI is InChI=1S/C15H20N4O.ClH/c1-4-16-10-12-7-5-6-8-13(12)17-15(20)14-9-11(2)19(3)18-14;/h5-9,16H,4,10H2,1-3H3,(H,17,20);1H. The number of amides is 1. The average Bonchev–Trinajstić information content (AvgIpc) is 2.78. The number of aromatic nitrogens is 2. The monoisotopic (exact) mass is 308 g/mol. The van der Waals surface area contributed by atoms with Crippen molar-refractivity contribution < 1.29 is 4.79 Å². The molecular formula is C15H21ClN4O. The van der Waals surface area contributed by atoms with Gasteiger partial charge in [0, 0.05) is 25.0 Å². The molecule has 0 saturated carbocycles. The van der Waals surface area contributed by atoms with Gasteiger partial charge in [-0.05, 0) is 31.2 Å². The minimum atomic E-state index is -0.183. The highest BCUT2D eigenvalue weighted by atomic mass is 35.5. The molecule has 6 heteroatoms. The van der Waals surface area contributed by atoms with E-state index in [4.69, 9.17) is 0 Å². The van der Waals surface area contributed by atoms with Crippen molar-refractivity contribution in [3.63, 3.8) is 0 Å². The van der Waals surface area contributed by atoms with Gasteiger partial charge in [-0.25, -0.2) is 0 Å². The lowest BCUT2D eigenvalue weighted by molar-refractivity contribution is 0.102. The molecular weight excluding hydrogens is 288 g/mol. The van der Waals surface area contributed by atoms with E-state index in [1.165, 1.54) is 0 Å². The van der Waals surface area contributed by atoms with Crippen LogP contribution in [0.1, 0.15) is 28.7 Å². The van der Waals surface area contributed by atoms with E-state index in [2.05, 4.69) is 22.7 Å². The van der Waals surface area contributed by atoms with E-state index in [0.29, 0.717) is 5.69 Å². The molecule has 0 bridgehead atoms. The maximum absolute atomic E-state index is 12.2. The maximum atomic E-state index is 12.2. The molecule has 1 aromatic carbocycles. The van der Waals surface area contributed by atoms with Crippen LogP contribution in [0.5, 0.6) is 0 Å². The van der Waals surface area contributed by atoms with Crippen molar-refractivity contribution in [1.82, 2.24) is 15.1 Å². The number of nitrogens with one attached hydrogen (secondary N) is 2. The molecule has 0 saturated heterocycles. The summed E-state index contributed by atoms with van der Waals surface area (Å²) in [5, 5.41) is 10.4. The first-order valence-electron chi connectivity index (χ1n) is 6.72. The van der Waals surface area contributed by atoms with Gasteiger partial charge in [0.05, 0.1) is 0 Å². The maximum Gasteiger partial charge on any atom is 0.276 e. The van der Waals surface area contributed by atoms with Crippen molar-refractivity contribution in [1.29, 1.82) is 0 Å². The van der Waals surface area contributed by atoms with Crippen LogP contribution in [0.4, 0.5) is 5.69 Å². The van der Waals surface area contributed by atoms with Crippen molar-refractivity contribution in [3.05, 3.63) is 47.3 Å². The van der Waals surface area contributed by atoms with E-state index in [0.717, 1.165) is 30.0 Å². The number of halogens is 1. The summed E-state index contributed by atoms with van der Waals surface area (Å²) in [4.78, 5) is 12.2. The summed E-state index contributed by atoms with van der Waals surface area (Å²) in [6, 6.07) is 9.56. The molecule has 0 atom stereocenters. The normalized spacial score (nSPS) is 10.0. The summed E-state index contributed by atoms with van der Waals surface area (Å²) in [6.07, 6.45) is 0. The van der Waals surface area contributed by atoms with Crippen LogP contribution in [0, 0.1) is 6.92 Å². The number of hydrogen-bond donors (Lipinski definition) is 2. The largest absolute Gasteiger partial charge is 0.320 e. The zero-order chi connectivity index (χ0) is 14.5. The first-order chi connectivity index (χ1) is 9.61. The molecule has 1 heterocycles. The van der Waals surface area contributed by atoms with Crippen molar-refractivity contribution in [2.75, 3.05) is 11.9 Å². The van der Waals surface area contributed by atoms with Crippen molar-refractivity contribution in [2.45, 2.75) is 20.4 Å². The van der Waals surface area contributed by atoms with Crippen LogP contribution in [0.25, 0.3) is 0 Å². The first-order valence-corrected chi connectivity index (χ1v) is 6.72. The molecule has 0 unspecified atom stereocenters. The van der Waals surface area contributed by atoms with Crippen LogP contribution < -0.4 is 10.6 Å². The Hall–Kier alpha value is -1.85. The van der Waals surface area contributed by atoms with Crippen LogP contribution in [-0.2, 0) is 13.6 Å². The predicted molar refractivity (Wildman–Crippen MR) is 87.0 cm³/mol. The van der Waals surface area contributed by atoms with E-state index < -0.39 is 0 Å². The SMILES string of the molecule is CCNCc1ccccc1NC(=O)c1cc(C)n(C)n1.Cl. The Morgan fingerprint density at radius 1 is 1.33 bits per heavy atom. The molecule has 5 nitrogen and oxygen atoms in total. The third-order valence-electron chi connectivity index (χ3n) is 3.18. The highest BCUT2D eigenvalue weighted by Crippen LogP contribution is 2.16. The number of anilines is 1.